The average Bonchev–Trinajstić information content (AvgIpc) is 2.57. The number of piperidine rings is 1. The first-order valence-electron chi connectivity index (χ1n) is 8.06. The van der Waals surface area contributed by atoms with Crippen LogP contribution in [0.25, 0.3) is 11.1 Å². The molecule has 1 aliphatic heterocycles. The lowest BCUT2D eigenvalue weighted by atomic mass is 10.00. The minimum absolute atomic E-state index is 0.137. The van der Waals surface area contributed by atoms with E-state index >= 15 is 0 Å². The first-order chi connectivity index (χ1) is 10.6. The van der Waals surface area contributed by atoms with E-state index in [1.54, 1.807) is 0 Å². The van der Waals surface area contributed by atoms with Crippen molar-refractivity contribution in [2.45, 2.75) is 39.2 Å². The Morgan fingerprint density at radius 3 is 2.50 bits per heavy atom. The quantitative estimate of drug-likeness (QED) is 0.945. The fraction of sp³-hybridized carbons (Fsp3) is 0.444. The van der Waals surface area contributed by atoms with Crippen molar-refractivity contribution in [3.05, 3.63) is 51.9 Å². The Morgan fingerprint density at radius 1 is 1.14 bits per heavy atom. The summed E-state index contributed by atoms with van der Waals surface area (Å²) in [6.45, 7) is 6.52. The standard InChI is InChI=1S/C18H23N3O/c1-13-12-17(18(22)20-19-13)16-8-6-15(7-9-16)14(2)21-10-4-3-5-11-21/h6-9,12,14H,3-5,10-11H2,1-2H3,(H,20,22). The molecular formula is C18H23N3O. The third-order valence-corrected chi connectivity index (χ3v) is 4.57. The molecule has 22 heavy (non-hydrogen) atoms. The molecule has 0 radical (unpaired) electrons. The van der Waals surface area contributed by atoms with Crippen LogP contribution in [0.3, 0.4) is 0 Å². The smallest absolute Gasteiger partial charge is 0.272 e. The number of nitrogens with zero attached hydrogens (tertiary/aromatic N) is 2. The second kappa shape index (κ2) is 6.44. The van der Waals surface area contributed by atoms with E-state index in [1.165, 1.54) is 37.9 Å². The summed E-state index contributed by atoms with van der Waals surface area (Å²) in [5.41, 5.74) is 3.63. The fourth-order valence-corrected chi connectivity index (χ4v) is 3.18. The molecule has 0 bridgehead atoms. The van der Waals surface area contributed by atoms with Gasteiger partial charge in [0.1, 0.15) is 0 Å². The van der Waals surface area contributed by atoms with Crippen molar-refractivity contribution in [3.63, 3.8) is 0 Å². The summed E-state index contributed by atoms with van der Waals surface area (Å²) in [6.07, 6.45) is 3.95. The summed E-state index contributed by atoms with van der Waals surface area (Å²) >= 11 is 0. The zero-order valence-electron chi connectivity index (χ0n) is 13.3. The van der Waals surface area contributed by atoms with Crippen LogP contribution >= 0.6 is 0 Å². The summed E-state index contributed by atoms with van der Waals surface area (Å²) in [7, 11) is 0. The van der Waals surface area contributed by atoms with Crippen molar-refractivity contribution >= 4 is 0 Å². The predicted molar refractivity (Wildman–Crippen MR) is 88.9 cm³/mol. The predicted octanol–water partition coefficient (Wildman–Crippen LogP) is 3.29. The van der Waals surface area contributed by atoms with Gasteiger partial charge in [-0.1, -0.05) is 30.7 Å². The van der Waals surface area contributed by atoms with E-state index in [-0.39, 0.29) is 5.56 Å². The SMILES string of the molecule is Cc1cc(-c2ccc(C(C)N3CCCCC3)cc2)c(=O)[nH]n1. The van der Waals surface area contributed by atoms with E-state index in [1.807, 2.05) is 25.1 Å². The van der Waals surface area contributed by atoms with Crippen LogP contribution < -0.4 is 5.56 Å². The highest BCUT2D eigenvalue weighted by atomic mass is 16.1. The van der Waals surface area contributed by atoms with Crippen molar-refractivity contribution in [1.82, 2.24) is 15.1 Å². The summed E-state index contributed by atoms with van der Waals surface area (Å²) < 4.78 is 0. The van der Waals surface area contributed by atoms with Crippen LogP contribution in [0.5, 0.6) is 0 Å². The summed E-state index contributed by atoms with van der Waals surface area (Å²) in [4.78, 5) is 14.5. The average molecular weight is 297 g/mol. The number of aryl methyl sites for hydroxylation is 1. The van der Waals surface area contributed by atoms with Gasteiger partial charge in [-0.15, -0.1) is 0 Å². The number of likely N-dealkylation sites (tertiary alicyclic amines) is 1. The molecule has 0 saturated carbocycles. The van der Waals surface area contributed by atoms with E-state index < -0.39 is 0 Å². The third kappa shape index (κ3) is 3.12. The van der Waals surface area contributed by atoms with E-state index in [4.69, 9.17) is 0 Å². The van der Waals surface area contributed by atoms with Crippen molar-refractivity contribution in [2.75, 3.05) is 13.1 Å². The maximum atomic E-state index is 11.9. The van der Waals surface area contributed by atoms with Crippen LogP contribution in [0.1, 0.15) is 43.5 Å². The molecule has 1 aromatic carbocycles. The van der Waals surface area contributed by atoms with Gasteiger partial charge in [-0.2, -0.15) is 5.10 Å². The highest BCUT2D eigenvalue weighted by Crippen LogP contribution is 2.26. The van der Waals surface area contributed by atoms with Crippen LogP contribution in [0.15, 0.2) is 35.1 Å². The Kier molecular flexibility index (Phi) is 4.39. The number of nitrogens with one attached hydrogen (secondary N) is 1. The van der Waals surface area contributed by atoms with Crippen LogP contribution in [0, 0.1) is 6.92 Å². The molecule has 3 rings (SSSR count). The Morgan fingerprint density at radius 2 is 1.82 bits per heavy atom. The molecule has 2 heterocycles. The maximum absolute atomic E-state index is 11.9. The Labute approximate surface area is 131 Å². The van der Waals surface area contributed by atoms with Crippen molar-refractivity contribution in [1.29, 1.82) is 0 Å². The third-order valence-electron chi connectivity index (χ3n) is 4.57. The van der Waals surface area contributed by atoms with Gasteiger partial charge >= 0.3 is 0 Å². The minimum atomic E-state index is -0.137. The molecular weight excluding hydrogens is 274 g/mol. The van der Waals surface area contributed by atoms with Crippen LogP contribution in [-0.4, -0.2) is 28.2 Å². The van der Waals surface area contributed by atoms with Gasteiger partial charge in [-0.05, 0) is 57.0 Å². The number of aromatic nitrogens is 2. The summed E-state index contributed by atoms with van der Waals surface area (Å²) in [5, 5.41) is 6.47. The highest BCUT2D eigenvalue weighted by molar-refractivity contribution is 5.62. The molecule has 1 N–H and O–H groups in total. The first kappa shape index (κ1) is 15.0. The number of hydrogen-bond acceptors (Lipinski definition) is 3. The van der Waals surface area contributed by atoms with Gasteiger partial charge in [0, 0.05) is 6.04 Å². The number of aromatic amines is 1. The molecule has 1 atom stereocenters. The Balaban J connectivity index is 1.83. The van der Waals surface area contributed by atoms with Crippen LogP contribution in [0.2, 0.25) is 0 Å². The molecule has 1 saturated heterocycles. The number of benzene rings is 1. The van der Waals surface area contributed by atoms with Crippen molar-refractivity contribution in [2.24, 2.45) is 0 Å². The molecule has 0 spiro atoms. The lowest BCUT2D eigenvalue weighted by molar-refractivity contribution is 0.175. The van der Waals surface area contributed by atoms with Crippen LogP contribution in [-0.2, 0) is 0 Å². The van der Waals surface area contributed by atoms with Gasteiger partial charge in [-0.3, -0.25) is 9.69 Å². The van der Waals surface area contributed by atoms with Gasteiger partial charge in [-0.25, -0.2) is 5.10 Å². The molecule has 0 aliphatic carbocycles. The van der Waals surface area contributed by atoms with Crippen molar-refractivity contribution in [3.8, 4) is 11.1 Å². The van der Waals surface area contributed by atoms with E-state index in [2.05, 4.69) is 34.2 Å². The molecule has 1 aliphatic rings. The zero-order valence-corrected chi connectivity index (χ0v) is 13.3. The molecule has 0 amide bonds. The molecule has 2 aromatic rings. The maximum Gasteiger partial charge on any atom is 0.272 e. The molecule has 116 valence electrons. The van der Waals surface area contributed by atoms with E-state index in [9.17, 15) is 4.79 Å². The van der Waals surface area contributed by atoms with Crippen LogP contribution in [0.4, 0.5) is 0 Å². The second-order valence-electron chi connectivity index (χ2n) is 6.15. The highest BCUT2D eigenvalue weighted by Gasteiger charge is 2.18. The van der Waals surface area contributed by atoms with Gasteiger partial charge in [0.2, 0.25) is 0 Å². The second-order valence-corrected chi connectivity index (χ2v) is 6.15. The van der Waals surface area contributed by atoms with E-state index in [0.29, 0.717) is 11.6 Å². The summed E-state index contributed by atoms with van der Waals surface area (Å²) in [6, 6.07) is 10.6. The molecule has 4 heteroatoms. The molecule has 1 unspecified atom stereocenters. The number of rotatable bonds is 3. The van der Waals surface area contributed by atoms with Gasteiger partial charge in [0.05, 0.1) is 11.3 Å². The van der Waals surface area contributed by atoms with Gasteiger partial charge in [0.25, 0.3) is 5.56 Å². The fourth-order valence-electron chi connectivity index (χ4n) is 3.18. The first-order valence-corrected chi connectivity index (χ1v) is 8.06. The van der Waals surface area contributed by atoms with Gasteiger partial charge in [0.15, 0.2) is 0 Å². The Hall–Kier alpha value is -1.94. The Bertz CT molecular complexity index is 684. The molecule has 1 aromatic heterocycles. The lowest BCUT2D eigenvalue weighted by Crippen LogP contribution is -2.32. The minimum Gasteiger partial charge on any atom is -0.297 e. The molecule has 4 nitrogen and oxygen atoms in total. The zero-order chi connectivity index (χ0) is 15.5. The lowest BCUT2D eigenvalue weighted by Gasteiger charge is -2.32. The number of H-pyrrole nitrogens is 1. The topological polar surface area (TPSA) is 49.0 Å². The van der Waals surface area contributed by atoms with Crippen molar-refractivity contribution < 1.29 is 0 Å². The van der Waals surface area contributed by atoms with Gasteiger partial charge < -0.3 is 0 Å². The summed E-state index contributed by atoms with van der Waals surface area (Å²) in [5.74, 6) is 0. The van der Waals surface area contributed by atoms with E-state index in [0.717, 1.165) is 11.3 Å². The normalized spacial score (nSPS) is 17.4. The monoisotopic (exact) mass is 297 g/mol. The molecule has 1 fully saturated rings. The largest absolute Gasteiger partial charge is 0.297 e. The number of hydrogen-bond donors (Lipinski definition) is 1.